The van der Waals surface area contributed by atoms with Gasteiger partial charge >= 0.3 is 6.09 Å². The fraction of sp³-hybridized carbons (Fsp3) is 0.467. The van der Waals surface area contributed by atoms with Gasteiger partial charge in [0.25, 0.3) is 0 Å². The Balaban J connectivity index is 1.92. The quantitative estimate of drug-likeness (QED) is 0.786. The van der Waals surface area contributed by atoms with Crippen LogP contribution in [0, 0.1) is 5.41 Å². The minimum Gasteiger partial charge on any atom is -0.445 e. The lowest BCUT2D eigenvalue weighted by Crippen LogP contribution is -2.35. The summed E-state index contributed by atoms with van der Waals surface area (Å²) in [6.07, 6.45) is 1.28. The maximum Gasteiger partial charge on any atom is 0.410 e. The van der Waals surface area contributed by atoms with Gasteiger partial charge in [0.15, 0.2) is 0 Å². The number of rotatable bonds is 3. The average Bonchev–Trinajstić information content (AvgIpc) is 2.73. The van der Waals surface area contributed by atoms with Gasteiger partial charge < -0.3 is 14.4 Å². The first-order chi connectivity index (χ1) is 9.04. The second-order valence-corrected chi connectivity index (χ2v) is 5.49. The van der Waals surface area contributed by atoms with E-state index in [0.29, 0.717) is 13.0 Å². The third-order valence-corrected chi connectivity index (χ3v) is 3.55. The molecule has 1 aromatic carbocycles. The summed E-state index contributed by atoms with van der Waals surface area (Å²) in [7, 11) is 0. The lowest BCUT2D eigenvalue weighted by molar-refractivity contribution is -0.114. The molecular weight excluding hydrogens is 242 g/mol. The number of nitrogens with zero attached hydrogens (tertiary/aromatic N) is 1. The van der Waals surface area contributed by atoms with Gasteiger partial charge in [-0.25, -0.2) is 4.79 Å². The highest BCUT2D eigenvalue weighted by Crippen LogP contribution is 2.32. The summed E-state index contributed by atoms with van der Waals surface area (Å²) in [5.74, 6) is 0. The molecule has 4 heteroatoms. The summed E-state index contributed by atoms with van der Waals surface area (Å²) in [6.45, 7) is 4.52. The molecule has 0 aromatic heterocycles. The van der Waals surface area contributed by atoms with Crippen LogP contribution >= 0.6 is 0 Å². The molecule has 4 nitrogen and oxygen atoms in total. The van der Waals surface area contributed by atoms with Crippen LogP contribution in [0.25, 0.3) is 0 Å². The Labute approximate surface area is 113 Å². The number of ether oxygens (including phenoxy) is 1. The summed E-state index contributed by atoms with van der Waals surface area (Å²) >= 11 is 0. The molecule has 0 saturated carbocycles. The van der Waals surface area contributed by atoms with Crippen LogP contribution in [0.3, 0.4) is 0 Å². The van der Waals surface area contributed by atoms with E-state index < -0.39 is 5.41 Å². The van der Waals surface area contributed by atoms with Crippen LogP contribution in [0.2, 0.25) is 0 Å². The van der Waals surface area contributed by atoms with Gasteiger partial charge in [-0.05, 0) is 18.9 Å². The Morgan fingerprint density at radius 2 is 2.16 bits per heavy atom. The standard InChI is InChI=1S/C15H19NO3/c1-12-8-15(2,11-17)10-16(12)14(18)19-9-13-6-4-3-5-7-13/h3-7,11-12H,8-10H2,1-2H3. The Morgan fingerprint density at radius 3 is 2.74 bits per heavy atom. The Morgan fingerprint density at radius 1 is 1.47 bits per heavy atom. The molecule has 0 radical (unpaired) electrons. The van der Waals surface area contributed by atoms with Gasteiger partial charge in [-0.2, -0.15) is 0 Å². The number of carbonyl (C=O) groups excluding carboxylic acids is 2. The van der Waals surface area contributed by atoms with Crippen LogP contribution in [-0.4, -0.2) is 29.9 Å². The van der Waals surface area contributed by atoms with Crippen LogP contribution in [0.5, 0.6) is 0 Å². The Bertz CT molecular complexity index is 460. The number of hydrogen-bond acceptors (Lipinski definition) is 3. The van der Waals surface area contributed by atoms with Crippen LogP contribution in [-0.2, 0) is 16.1 Å². The maximum absolute atomic E-state index is 12.0. The van der Waals surface area contributed by atoms with Crippen molar-refractivity contribution in [3.8, 4) is 0 Å². The van der Waals surface area contributed by atoms with E-state index in [-0.39, 0.29) is 18.7 Å². The zero-order chi connectivity index (χ0) is 13.9. The largest absolute Gasteiger partial charge is 0.445 e. The highest BCUT2D eigenvalue weighted by Gasteiger charge is 2.41. The normalized spacial score (nSPS) is 26.2. The van der Waals surface area contributed by atoms with E-state index >= 15 is 0 Å². The number of hydrogen-bond donors (Lipinski definition) is 0. The zero-order valence-corrected chi connectivity index (χ0v) is 11.3. The molecule has 1 aliphatic heterocycles. The van der Waals surface area contributed by atoms with Crippen molar-refractivity contribution in [3.05, 3.63) is 35.9 Å². The highest BCUT2D eigenvalue weighted by atomic mass is 16.6. The highest BCUT2D eigenvalue weighted by molar-refractivity contribution is 5.71. The molecule has 102 valence electrons. The lowest BCUT2D eigenvalue weighted by atomic mass is 9.90. The first-order valence-corrected chi connectivity index (χ1v) is 6.48. The van der Waals surface area contributed by atoms with Crippen LogP contribution < -0.4 is 0 Å². The fourth-order valence-corrected chi connectivity index (χ4v) is 2.53. The number of likely N-dealkylation sites (tertiary alicyclic amines) is 1. The molecule has 1 saturated heterocycles. The van der Waals surface area contributed by atoms with Crippen molar-refractivity contribution < 1.29 is 14.3 Å². The third-order valence-electron chi connectivity index (χ3n) is 3.55. The third kappa shape index (κ3) is 3.13. The molecule has 1 heterocycles. The molecule has 0 aliphatic carbocycles. The molecule has 1 fully saturated rings. The smallest absolute Gasteiger partial charge is 0.410 e. The van der Waals surface area contributed by atoms with Crippen LogP contribution in [0.15, 0.2) is 30.3 Å². The molecule has 1 aromatic rings. The van der Waals surface area contributed by atoms with Gasteiger partial charge in [0.05, 0.1) is 0 Å². The Kier molecular flexibility index (Phi) is 3.88. The van der Waals surface area contributed by atoms with E-state index in [1.54, 1.807) is 4.90 Å². The van der Waals surface area contributed by atoms with Crippen molar-refractivity contribution in [1.29, 1.82) is 0 Å². The molecule has 2 unspecified atom stereocenters. The van der Waals surface area contributed by atoms with E-state index in [1.165, 1.54) is 0 Å². The number of carbonyl (C=O) groups is 2. The molecule has 0 bridgehead atoms. The molecule has 0 N–H and O–H groups in total. The average molecular weight is 261 g/mol. The van der Waals surface area contributed by atoms with Crippen LogP contribution in [0.1, 0.15) is 25.8 Å². The molecule has 1 amide bonds. The minimum absolute atomic E-state index is 0.0403. The fourth-order valence-electron chi connectivity index (χ4n) is 2.53. The Hall–Kier alpha value is -1.84. The topological polar surface area (TPSA) is 46.6 Å². The van der Waals surface area contributed by atoms with E-state index in [9.17, 15) is 9.59 Å². The van der Waals surface area contributed by atoms with Gasteiger partial charge in [-0.3, -0.25) is 0 Å². The molecule has 1 aliphatic rings. The summed E-state index contributed by atoms with van der Waals surface area (Å²) in [6, 6.07) is 9.60. The van der Waals surface area contributed by atoms with Crippen molar-refractivity contribution in [2.24, 2.45) is 5.41 Å². The summed E-state index contributed by atoms with van der Waals surface area (Å²) < 4.78 is 5.29. The van der Waals surface area contributed by atoms with Gasteiger partial charge in [-0.1, -0.05) is 37.3 Å². The van der Waals surface area contributed by atoms with Gasteiger partial charge in [0.1, 0.15) is 12.9 Å². The number of amides is 1. The minimum atomic E-state index is -0.439. The molecule has 0 spiro atoms. The monoisotopic (exact) mass is 261 g/mol. The van der Waals surface area contributed by atoms with Crippen molar-refractivity contribution in [3.63, 3.8) is 0 Å². The predicted octanol–water partition coefficient (Wildman–Crippen LogP) is 2.62. The second kappa shape index (κ2) is 5.43. The summed E-state index contributed by atoms with van der Waals surface area (Å²) in [4.78, 5) is 24.7. The number of aldehydes is 1. The van der Waals surface area contributed by atoms with Gasteiger partial charge in [-0.15, -0.1) is 0 Å². The summed E-state index contributed by atoms with van der Waals surface area (Å²) in [5.41, 5.74) is 0.520. The summed E-state index contributed by atoms with van der Waals surface area (Å²) in [5, 5.41) is 0. The molecule has 2 atom stereocenters. The number of benzene rings is 1. The zero-order valence-electron chi connectivity index (χ0n) is 11.3. The van der Waals surface area contributed by atoms with Crippen molar-refractivity contribution in [2.75, 3.05) is 6.54 Å². The first kappa shape index (κ1) is 13.6. The predicted molar refractivity (Wildman–Crippen MR) is 71.6 cm³/mol. The first-order valence-electron chi connectivity index (χ1n) is 6.48. The van der Waals surface area contributed by atoms with Gasteiger partial charge in [0.2, 0.25) is 0 Å². The molecular formula is C15H19NO3. The van der Waals surface area contributed by atoms with E-state index in [1.807, 2.05) is 44.2 Å². The maximum atomic E-state index is 12.0. The van der Waals surface area contributed by atoms with E-state index in [2.05, 4.69) is 0 Å². The lowest BCUT2D eigenvalue weighted by Gasteiger charge is -2.21. The van der Waals surface area contributed by atoms with Crippen LogP contribution in [0.4, 0.5) is 4.79 Å². The SMILES string of the molecule is CC1CC(C)(C=O)CN1C(=O)OCc1ccccc1. The van der Waals surface area contributed by atoms with Crippen molar-refractivity contribution >= 4 is 12.4 Å². The van der Waals surface area contributed by atoms with E-state index in [4.69, 9.17) is 4.74 Å². The van der Waals surface area contributed by atoms with Gasteiger partial charge in [0, 0.05) is 18.0 Å². The second-order valence-electron chi connectivity index (χ2n) is 5.49. The van der Waals surface area contributed by atoms with Crippen molar-refractivity contribution in [2.45, 2.75) is 32.9 Å². The van der Waals surface area contributed by atoms with E-state index in [0.717, 1.165) is 11.8 Å². The van der Waals surface area contributed by atoms with Crippen molar-refractivity contribution in [1.82, 2.24) is 4.90 Å². The molecule has 2 rings (SSSR count). The molecule has 19 heavy (non-hydrogen) atoms.